The zero-order valence-corrected chi connectivity index (χ0v) is 21.9. The smallest absolute Gasteiger partial charge is 0.0616 e. The predicted octanol–water partition coefficient (Wildman–Crippen LogP) is 8.82. The summed E-state index contributed by atoms with van der Waals surface area (Å²) in [5, 5.41) is 0. The maximum absolute atomic E-state index is 6.25. The molecule has 8 atom stereocenters. The molecule has 0 amide bonds. The molecule has 0 N–H and O–H groups in total. The van der Waals surface area contributed by atoms with Crippen molar-refractivity contribution in [3.8, 4) is 0 Å². The van der Waals surface area contributed by atoms with Gasteiger partial charge in [0.15, 0.2) is 0 Å². The van der Waals surface area contributed by atoms with Gasteiger partial charge >= 0.3 is 0 Å². The predicted molar refractivity (Wildman–Crippen MR) is 133 cm³/mol. The molecule has 0 unspecified atom stereocenters. The van der Waals surface area contributed by atoms with Gasteiger partial charge in [0.05, 0.1) is 12.2 Å². The van der Waals surface area contributed by atoms with Gasteiger partial charge in [0.2, 0.25) is 0 Å². The van der Waals surface area contributed by atoms with Crippen LogP contribution in [-0.2, 0) is 4.74 Å². The summed E-state index contributed by atoms with van der Waals surface area (Å²) >= 11 is 0. The van der Waals surface area contributed by atoms with Crippen LogP contribution in [0.3, 0.4) is 0 Å². The van der Waals surface area contributed by atoms with E-state index in [1.165, 1.54) is 70.6 Å². The van der Waals surface area contributed by atoms with Gasteiger partial charge in [-0.25, -0.2) is 0 Å². The molecule has 178 valence electrons. The molecular weight excluding hydrogens is 376 g/mol. The van der Waals surface area contributed by atoms with E-state index < -0.39 is 0 Å². The van der Waals surface area contributed by atoms with E-state index in [0.29, 0.717) is 23.0 Å². The second kappa shape index (κ2) is 9.15. The van der Waals surface area contributed by atoms with Crippen molar-refractivity contribution in [2.24, 2.45) is 46.3 Å². The fourth-order valence-corrected chi connectivity index (χ4v) is 9.15. The zero-order chi connectivity index (χ0) is 22.4. The Labute approximate surface area is 194 Å². The zero-order valence-electron chi connectivity index (χ0n) is 21.9. The molecule has 1 nitrogen and oxygen atoms in total. The Balaban J connectivity index is 1.46. The van der Waals surface area contributed by atoms with Gasteiger partial charge in [-0.3, -0.25) is 0 Å². The average molecular weight is 429 g/mol. The lowest BCUT2D eigenvalue weighted by atomic mass is 9.47. The van der Waals surface area contributed by atoms with E-state index in [-0.39, 0.29) is 0 Å². The minimum absolute atomic E-state index is 0.361. The molecule has 0 spiro atoms. The first-order chi connectivity index (χ1) is 14.6. The van der Waals surface area contributed by atoms with Crippen LogP contribution >= 0.6 is 0 Å². The van der Waals surface area contributed by atoms with Crippen LogP contribution in [0.5, 0.6) is 0 Å². The van der Waals surface area contributed by atoms with Crippen molar-refractivity contribution in [1.82, 2.24) is 0 Å². The summed E-state index contributed by atoms with van der Waals surface area (Å²) in [6.07, 6.45) is 19.0. The van der Waals surface area contributed by atoms with E-state index in [1.807, 2.05) is 0 Å². The van der Waals surface area contributed by atoms with Crippen molar-refractivity contribution < 1.29 is 4.74 Å². The summed E-state index contributed by atoms with van der Waals surface area (Å²) in [5.74, 6) is 5.60. The van der Waals surface area contributed by atoms with Gasteiger partial charge in [-0.05, 0) is 112 Å². The molecule has 0 aromatic heterocycles. The summed E-state index contributed by atoms with van der Waals surface area (Å²) < 4.78 is 6.25. The first-order valence-corrected chi connectivity index (χ1v) is 14.0. The number of ether oxygens (including phenoxy) is 1. The third-order valence-corrected chi connectivity index (χ3v) is 10.7. The Hall–Kier alpha value is -0.300. The number of rotatable bonds is 7. The Morgan fingerprint density at radius 2 is 1.71 bits per heavy atom. The van der Waals surface area contributed by atoms with Gasteiger partial charge in [-0.15, -0.1) is 0 Å². The molecule has 3 saturated carbocycles. The molecule has 0 bridgehead atoms. The lowest BCUT2D eigenvalue weighted by Gasteiger charge is -2.58. The fourth-order valence-electron chi connectivity index (χ4n) is 9.15. The second-order valence-corrected chi connectivity index (χ2v) is 13.3. The highest BCUT2D eigenvalue weighted by Crippen LogP contribution is 2.67. The third-order valence-electron chi connectivity index (χ3n) is 10.7. The van der Waals surface area contributed by atoms with Gasteiger partial charge in [0, 0.05) is 0 Å². The van der Waals surface area contributed by atoms with Crippen molar-refractivity contribution in [2.45, 2.75) is 131 Å². The number of allylic oxidation sites excluding steroid dienone is 1. The molecule has 0 radical (unpaired) electrons. The quantitative estimate of drug-likeness (QED) is 0.368. The van der Waals surface area contributed by atoms with E-state index in [0.717, 1.165) is 35.5 Å². The van der Waals surface area contributed by atoms with Crippen LogP contribution in [-0.4, -0.2) is 12.2 Å². The van der Waals surface area contributed by atoms with E-state index in [4.69, 9.17) is 4.74 Å². The third kappa shape index (κ3) is 4.43. The van der Waals surface area contributed by atoms with Gasteiger partial charge in [0.25, 0.3) is 0 Å². The van der Waals surface area contributed by atoms with Crippen molar-refractivity contribution in [1.29, 1.82) is 0 Å². The molecule has 4 aliphatic rings. The minimum Gasteiger partial charge on any atom is -0.375 e. The maximum Gasteiger partial charge on any atom is 0.0616 e. The molecule has 0 aliphatic heterocycles. The number of fused-ring (bicyclic) bond motifs is 5. The SMILES string of the molecule is CC(C)CCC[C@H](C)[C@H]1CC[C@H]2[C@@H]3CC=C4C[C@@H](OC(C)C)CC[C@]4(C)[C@H]3CC[C@]12C. The Bertz CT molecular complexity index is 647. The molecular formula is C30H52O. The highest BCUT2D eigenvalue weighted by atomic mass is 16.5. The molecule has 0 heterocycles. The normalized spacial score (nSPS) is 43.4. The van der Waals surface area contributed by atoms with E-state index >= 15 is 0 Å². The summed E-state index contributed by atoms with van der Waals surface area (Å²) in [5.41, 5.74) is 2.84. The molecule has 0 aromatic carbocycles. The first kappa shape index (κ1) is 23.8. The van der Waals surface area contributed by atoms with Gasteiger partial charge in [0.1, 0.15) is 0 Å². The first-order valence-electron chi connectivity index (χ1n) is 14.0. The average Bonchev–Trinajstić information content (AvgIpc) is 3.05. The molecule has 1 heteroatoms. The Morgan fingerprint density at radius 1 is 0.935 bits per heavy atom. The van der Waals surface area contributed by atoms with Crippen molar-refractivity contribution in [3.63, 3.8) is 0 Å². The van der Waals surface area contributed by atoms with Crippen molar-refractivity contribution >= 4 is 0 Å². The summed E-state index contributed by atoms with van der Waals surface area (Å²) in [7, 11) is 0. The standard InChI is InChI=1S/C30H52O/c1-20(2)9-8-10-22(5)26-13-14-27-25-12-11-23-19-24(31-21(3)4)15-17-29(23,6)28(25)16-18-30(26,27)7/h11,20-22,24-28H,8-10,12-19H2,1-7H3/t22-,24-,25-,26+,27-,28-,29-,30+/m0/s1. The van der Waals surface area contributed by atoms with Crippen molar-refractivity contribution in [2.75, 3.05) is 0 Å². The highest BCUT2D eigenvalue weighted by molar-refractivity contribution is 5.25. The summed E-state index contributed by atoms with van der Waals surface area (Å²) in [4.78, 5) is 0. The lowest BCUT2D eigenvalue weighted by Crippen LogP contribution is -2.51. The van der Waals surface area contributed by atoms with E-state index in [1.54, 1.807) is 5.57 Å². The Kier molecular flexibility index (Phi) is 7.04. The molecule has 0 saturated heterocycles. The maximum atomic E-state index is 6.25. The van der Waals surface area contributed by atoms with E-state index in [2.05, 4.69) is 54.5 Å². The molecule has 31 heavy (non-hydrogen) atoms. The topological polar surface area (TPSA) is 9.23 Å². The molecule has 3 fully saturated rings. The highest BCUT2D eigenvalue weighted by Gasteiger charge is 2.59. The van der Waals surface area contributed by atoms with Crippen LogP contribution in [0.4, 0.5) is 0 Å². The number of hydrogen-bond acceptors (Lipinski definition) is 1. The van der Waals surface area contributed by atoms with Crippen LogP contribution in [0.1, 0.15) is 119 Å². The Morgan fingerprint density at radius 3 is 2.42 bits per heavy atom. The van der Waals surface area contributed by atoms with E-state index in [9.17, 15) is 0 Å². The second-order valence-electron chi connectivity index (χ2n) is 13.3. The summed E-state index contributed by atoms with van der Waals surface area (Å²) in [6, 6.07) is 0. The molecule has 4 rings (SSSR count). The van der Waals surface area contributed by atoms with Gasteiger partial charge in [-0.1, -0.05) is 65.5 Å². The van der Waals surface area contributed by atoms with Crippen LogP contribution in [0.25, 0.3) is 0 Å². The van der Waals surface area contributed by atoms with Crippen LogP contribution in [0, 0.1) is 46.3 Å². The lowest BCUT2D eigenvalue weighted by molar-refractivity contribution is -0.0707. The van der Waals surface area contributed by atoms with Crippen LogP contribution in [0.15, 0.2) is 11.6 Å². The largest absolute Gasteiger partial charge is 0.375 e. The molecule has 0 aromatic rings. The summed E-state index contributed by atoms with van der Waals surface area (Å²) in [6.45, 7) is 17.1. The van der Waals surface area contributed by atoms with Crippen molar-refractivity contribution in [3.05, 3.63) is 11.6 Å². The van der Waals surface area contributed by atoms with Gasteiger partial charge < -0.3 is 4.74 Å². The van der Waals surface area contributed by atoms with Crippen LogP contribution < -0.4 is 0 Å². The fraction of sp³-hybridized carbons (Fsp3) is 0.933. The molecule has 4 aliphatic carbocycles. The van der Waals surface area contributed by atoms with Crippen LogP contribution in [0.2, 0.25) is 0 Å². The monoisotopic (exact) mass is 428 g/mol. The number of hydrogen-bond donors (Lipinski definition) is 0. The van der Waals surface area contributed by atoms with Gasteiger partial charge in [-0.2, -0.15) is 0 Å². The minimum atomic E-state index is 0.361.